The van der Waals surface area contributed by atoms with E-state index in [1.165, 1.54) is 19.9 Å². The van der Waals surface area contributed by atoms with Gasteiger partial charge in [0, 0.05) is 25.0 Å². The third-order valence-electron chi connectivity index (χ3n) is 2.99. The smallest absolute Gasteiger partial charge is 0.115 e. The van der Waals surface area contributed by atoms with Crippen molar-refractivity contribution >= 4 is 38.6 Å². The molecule has 2 rings (SSSR count). The molecule has 2 aromatic rings. The Labute approximate surface area is 131 Å². The molecule has 0 saturated heterocycles. The molecule has 0 radical (unpaired) electrons. The van der Waals surface area contributed by atoms with E-state index >= 15 is 0 Å². The van der Waals surface area contributed by atoms with Gasteiger partial charge in [0.15, 0.2) is 0 Å². The molecule has 104 valence electrons. The quantitative estimate of drug-likeness (QED) is 0.845. The SMILES string of the molecule is CNC(c1cc(Br)c(C)s1)c1nc(C(C)(C)C)cs1. The fourth-order valence-corrected chi connectivity index (χ4v) is 4.70. The molecule has 0 amide bonds. The molecule has 0 fully saturated rings. The molecule has 2 heterocycles. The summed E-state index contributed by atoms with van der Waals surface area (Å²) in [6.45, 7) is 8.73. The lowest BCUT2D eigenvalue weighted by Gasteiger charge is -2.15. The van der Waals surface area contributed by atoms with Gasteiger partial charge in [-0.2, -0.15) is 0 Å². The maximum Gasteiger partial charge on any atom is 0.115 e. The number of hydrogen-bond acceptors (Lipinski definition) is 4. The van der Waals surface area contributed by atoms with E-state index < -0.39 is 0 Å². The van der Waals surface area contributed by atoms with Gasteiger partial charge in [0.25, 0.3) is 0 Å². The molecule has 0 aromatic carbocycles. The van der Waals surface area contributed by atoms with Crippen molar-refractivity contribution in [2.24, 2.45) is 0 Å². The molecule has 5 heteroatoms. The molecular formula is C14H19BrN2S2. The second-order valence-corrected chi connectivity index (χ2v) is 8.63. The molecule has 1 atom stereocenters. The van der Waals surface area contributed by atoms with Crippen LogP contribution in [0.3, 0.4) is 0 Å². The van der Waals surface area contributed by atoms with Gasteiger partial charge in [-0.05, 0) is 36.0 Å². The van der Waals surface area contributed by atoms with Crippen LogP contribution >= 0.6 is 38.6 Å². The molecule has 0 saturated carbocycles. The summed E-state index contributed by atoms with van der Waals surface area (Å²) in [5, 5.41) is 6.69. The number of thiophene rings is 1. The minimum Gasteiger partial charge on any atom is -0.307 e. The summed E-state index contributed by atoms with van der Waals surface area (Å²) >= 11 is 7.14. The van der Waals surface area contributed by atoms with Crippen LogP contribution in [0.15, 0.2) is 15.9 Å². The van der Waals surface area contributed by atoms with Crippen LogP contribution in [0.5, 0.6) is 0 Å². The van der Waals surface area contributed by atoms with Gasteiger partial charge < -0.3 is 5.32 Å². The molecule has 0 aliphatic rings. The van der Waals surface area contributed by atoms with Crippen molar-refractivity contribution in [3.63, 3.8) is 0 Å². The fraction of sp³-hybridized carbons (Fsp3) is 0.500. The largest absolute Gasteiger partial charge is 0.307 e. The molecule has 1 N–H and O–H groups in total. The highest BCUT2D eigenvalue weighted by molar-refractivity contribution is 9.10. The first-order valence-electron chi connectivity index (χ1n) is 6.22. The third-order valence-corrected chi connectivity index (χ3v) is 6.10. The summed E-state index contributed by atoms with van der Waals surface area (Å²) in [5.74, 6) is 0. The van der Waals surface area contributed by atoms with Crippen molar-refractivity contribution in [1.82, 2.24) is 10.3 Å². The van der Waals surface area contributed by atoms with Gasteiger partial charge in [-0.3, -0.25) is 0 Å². The average molecular weight is 359 g/mol. The van der Waals surface area contributed by atoms with Crippen LogP contribution in [0.4, 0.5) is 0 Å². The van der Waals surface area contributed by atoms with E-state index in [2.05, 4.69) is 60.4 Å². The highest BCUT2D eigenvalue weighted by atomic mass is 79.9. The minimum absolute atomic E-state index is 0.110. The van der Waals surface area contributed by atoms with Crippen molar-refractivity contribution in [1.29, 1.82) is 0 Å². The molecule has 0 aliphatic carbocycles. The number of aryl methyl sites for hydroxylation is 1. The highest BCUT2D eigenvalue weighted by Gasteiger charge is 2.23. The van der Waals surface area contributed by atoms with Gasteiger partial charge in [-0.1, -0.05) is 20.8 Å². The zero-order valence-electron chi connectivity index (χ0n) is 11.9. The van der Waals surface area contributed by atoms with Crippen molar-refractivity contribution in [2.45, 2.75) is 39.2 Å². The molecule has 2 aromatic heterocycles. The predicted octanol–water partition coefficient (Wildman–Crippen LogP) is 4.88. The molecule has 2 nitrogen and oxygen atoms in total. The maximum absolute atomic E-state index is 4.82. The monoisotopic (exact) mass is 358 g/mol. The van der Waals surface area contributed by atoms with Crippen molar-refractivity contribution in [3.05, 3.63) is 36.4 Å². The van der Waals surface area contributed by atoms with Crippen LogP contribution in [0, 0.1) is 6.92 Å². The predicted molar refractivity (Wildman–Crippen MR) is 88.5 cm³/mol. The second kappa shape index (κ2) is 5.64. The second-order valence-electron chi connectivity index (χ2n) is 5.60. The van der Waals surface area contributed by atoms with Gasteiger partial charge in [0.05, 0.1) is 11.7 Å². The number of hydrogen-bond donors (Lipinski definition) is 1. The maximum atomic E-state index is 4.82. The van der Waals surface area contributed by atoms with Crippen LogP contribution in [0.2, 0.25) is 0 Å². The summed E-state index contributed by atoms with van der Waals surface area (Å²) in [6, 6.07) is 2.38. The summed E-state index contributed by atoms with van der Waals surface area (Å²) in [7, 11) is 1.99. The van der Waals surface area contributed by atoms with Gasteiger partial charge >= 0.3 is 0 Å². The van der Waals surface area contributed by atoms with E-state index in [-0.39, 0.29) is 11.5 Å². The summed E-state index contributed by atoms with van der Waals surface area (Å²) < 4.78 is 1.18. The minimum atomic E-state index is 0.110. The number of halogens is 1. The summed E-state index contributed by atoms with van der Waals surface area (Å²) in [6.07, 6.45) is 0. The Balaban J connectivity index is 2.35. The van der Waals surface area contributed by atoms with E-state index in [9.17, 15) is 0 Å². The molecule has 0 spiro atoms. The number of aromatic nitrogens is 1. The number of nitrogens with zero attached hydrogens (tertiary/aromatic N) is 1. The summed E-state index contributed by atoms with van der Waals surface area (Å²) in [5.41, 5.74) is 1.28. The van der Waals surface area contributed by atoms with Crippen LogP contribution in [0.25, 0.3) is 0 Å². The van der Waals surface area contributed by atoms with Crippen molar-refractivity contribution in [3.8, 4) is 0 Å². The first-order chi connectivity index (χ1) is 8.82. The lowest BCUT2D eigenvalue weighted by Crippen LogP contribution is -2.17. The van der Waals surface area contributed by atoms with Crippen LogP contribution in [-0.2, 0) is 5.41 Å². The molecule has 0 aliphatic heterocycles. The summed E-state index contributed by atoms with van der Waals surface area (Å²) in [4.78, 5) is 7.43. The van der Waals surface area contributed by atoms with Gasteiger partial charge in [0.2, 0.25) is 0 Å². The normalized spacial score (nSPS) is 13.8. The fourth-order valence-electron chi connectivity index (χ4n) is 1.78. The first-order valence-corrected chi connectivity index (χ1v) is 8.71. The van der Waals surface area contributed by atoms with E-state index in [4.69, 9.17) is 4.98 Å². The van der Waals surface area contributed by atoms with Crippen LogP contribution < -0.4 is 5.32 Å². The number of nitrogens with one attached hydrogen (secondary N) is 1. The van der Waals surface area contributed by atoms with E-state index in [0.717, 1.165) is 5.01 Å². The third kappa shape index (κ3) is 3.27. The average Bonchev–Trinajstić information content (AvgIpc) is 2.88. The molecule has 1 unspecified atom stereocenters. The zero-order valence-corrected chi connectivity index (χ0v) is 15.1. The van der Waals surface area contributed by atoms with Crippen LogP contribution in [-0.4, -0.2) is 12.0 Å². The number of thiazole rings is 1. The molecule has 0 bridgehead atoms. The lowest BCUT2D eigenvalue weighted by molar-refractivity contribution is 0.566. The van der Waals surface area contributed by atoms with E-state index in [1.54, 1.807) is 11.3 Å². The van der Waals surface area contributed by atoms with Gasteiger partial charge in [0.1, 0.15) is 5.01 Å². The van der Waals surface area contributed by atoms with Crippen molar-refractivity contribution in [2.75, 3.05) is 7.05 Å². The Morgan fingerprint density at radius 1 is 1.37 bits per heavy atom. The Morgan fingerprint density at radius 2 is 2.05 bits per heavy atom. The topological polar surface area (TPSA) is 24.9 Å². The Kier molecular flexibility index (Phi) is 4.50. The molecule has 19 heavy (non-hydrogen) atoms. The van der Waals surface area contributed by atoms with E-state index in [0.29, 0.717) is 0 Å². The van der Waals surface area contributed by atoms with Crippen LogP contribution in [0.1, 0.15) is 47.3 Å². The Hall–Kier alpha value is -0.230. The van der Waals surface area contributed by atoms with Crippen molar-refractivity contribution < 1.29 is 0 Å². The van der Waals surface area contributed by atoms with Gasteiger partial charge in [-0.25, -0.2) is 4.98 Å². The van der Waals surface area contributed by atoms with E-state index in [1.807, 2.05) is 18.4 Å². The van der Waals surface area contributed by atoms with Gasteiger partial charge in [-0.15, -0.1) is 22.7 Å². The molecular weight excluding hydrogens is 340 g/mol. The highest BCUT2D eigenvalue weighted by Crippen LogP contribution is 2.35. The first kappa shape index (κ1) is 15.2. The number of rotatable bonds is 3. The standard InChI is InChI=1S/C14H19BrN2S2/c1-8-9(15)6-10(19-8)12(16-5)13-17-11(7-18-13)14(2,3)4/h6-7,12,16H,1-5H3. The zero-order chi connectivity index (χ0) is 14.2. The Bertz CT molecular complexity index is 547. The Morgan fingerprint density at radius 3 is 2.47 bits per heavy atom. The lowest BCUT2D eigenvalue weighted by atomic mass is 9.93.